The second-order valence-electron chi connectivity index (χ2n) is 5.58. The van der Waals surface area contributed by atoms with E-state index in [0.717, 1.165) is 25.3 Å². The highest BCUT2D eigenvalue weighted by atomic mass is 32.2. The average molecular weight is 312 g/mol. The first-order chi connectivity index (χ1) is 9.87. The molecule has 0 aliphatic carbocycles. The molecule has 0 unspecified atom stereocenters. The maximum absolute atomic E-state index is 12.1. The van der Waals surface area contributed by atoms with E-state index >= 15 is 0 Å². The van der Waals surface area contributed by atoms with Crippen LogP contribution in [0.1, 0.15) is 36.6 Å². The normalized spacial score (nSPS) is 18.1. The molecule has 1 aliphatic rings. The molecule has 2 N–H and O–H groups in total. The Morgan fingerprint density at radius 3 is 2.86 bits per heavy atom. The van der Waals surface area contributed by atoms with Crippen LogP contribution < -0.4 is 5.32 Å². The van der Waals surface area contributed by atoms with Crippen molar-refractivity contribution in [3.8, 4) is 0 Å². The predicted molar refractivity (Wildman–Crippen MR) is 80.6 cm³/mol. The Morgan fingerprint density at radius 2 is 2.19 bits per heavy atom. The molecule has 1 aromatic rings. The molecule has 1 aliphatic heterocycles. The third-order valence-corrected chi connectivity index (χ3v) is 4.78. The van der Waals surface area contributed by atoms with Crippen LogP contribution in [0.3, 0.4) is 0 Å². The summed E-state index contributed by atoms with van der Waals surface area (Å²) in [6, 6.07) is 2.81. The Morgan fingerprint density at radius 1 is 1.43 bits per heavy atom. The van der Waals surface area contributed by atoms with Gasteiger partial charge in [-0.15, -0.1) is 0 Å². The van der Waals surface area contributed by atoms with Crippen molar-refractivity contribution in [2.45, 2.75) is 31.6 Å². The number of carbonyl (C=O) groups is 2. The maximum Gasteiger partial charge on any atom is 0.371 e. The number of amides is 2. The van der Waals surface area contributed by atoms with Gasteiger partial charge in [0, 0.05) is 23.6 Å². The number of hydrogen-bond donors (Lipinski definition) is 2. The van der Waals surface area contributed by atoms with E-state index in [1.54, 1.807) is 11.0 Å². The van der Waals surface area contributed by atoms with Gasteiger partial charge in [0.05, 0.1) is 6.54 Å². The molecule has 1 aromatic heterocycles. The van der Waals surface area contributed by atoms with Gasteiger partial charge in [-0.25, -0.2) is 9.59 Å². The molecule has 7 heteroatoms. The minimum Gasteiger partial charge on any atom is -0.475 e. The second kappa shape index (κ2) is 6.43. The van der Waals surface area contributed by atoms with Crippen molar-refractivity contribution in [1.82, 2.24) is 10.2 Å². The number of carbonyl (C=O) groups excluding carboxylic acids is 1. The summed E-state index contributed by atoms with van der Waals surface area (Å²) in [6.07, 6.45) is 0.953. The number of carboxylic acid groups (broad SMARTS) is 1. The summed E-state index contributed by atoms with van der Waals surface area (Å²) in [5.41, 5.74) is 0. The van der Waals surface area contributed by atoms with Crippen LogP contribution in [0.5, 0.6) is 0 Å². The molecule has 2 rings (SSSR count). The molecule has 0 radical (unpaired) electrons. The van der Waals surface area contributed by atoms with Gasteiger partial charge in [-0.1, -0.05) is 13.8 Å². The summed E-state index contributed by atoms with van der Waals surface area (Å²) < 4.78 is 5.30. The molecular weight excluding hydrogens is 292 g/mol. The molecule has 2 heterocycles. The van der Waals surface area contributed by atoms with Crippen LogP contribution in [0.25, 0.3) is 0 Å². The molecule has 6 nitrogen and oxygen atoms in total. The quantitative estimate of drug-likeness (QED) is 0.895. The van der Waals surface area contributed by atoms with Crippen molar-refractivity contribution in [2.75, 3.05) is 18.8 Å². The van der Waals surface area contributed by atoms with Crippen molar-refractivity contribution < 1.29 is 19.1 Å². The third kappa shape index (κ3) is 4.42. The van der Waals surface area contributed by atoms with Crippen LogP contribution in [-0.2, 0) is 6.54 Å². The van der Waals surface area contributed by atoms with E-state index in [1.165, 1.54) is 6.07 Å². The number of thioether (sulfide) groups is 1. The Labute approximate surface area is 127 Å². The topological polar surface area (TPSA) is 82.8 Å². The summed E-state index contributed by atoms with van der Waals surface area (Å²) in [6.45, 7) is 6.02. The Bertz CT molecular complexity index is 527. The lowest BCUT2D eigenvalue weighted by atomic mass is 10.1. The molecule has 21 heavy (non-hydrogen) atoms. The fourth-order valence-corrected chi connectivity index (χ4v) is 3.19. The molecule has 0 saturated carbocycles. The first kappa shape index (κ1) is 15.8. The number of urea groups is 1. The number of rotatable bonds is 3. The molecule has 116 valence electrons. The molecular formula is C14H20N2O4S. The van der Waals surface area contributed by atoms with E-state index in [2.05, 4.69) is 19.2 Å². The van der Waals surface area contributed by atoms with Crippen molar-refractivity contribution in [2.24, 2.45) is 0 Å². The van der Waals surface area contributed by atoms with Crippen LogP contribution >= 0.6 is 11.8 Å². The third-order valence-electron chi connectivity index (χ3n) is 3.41. The monoisotopic (exact) mass is 312 g/mol. The highest BCUT2D eigenvalue weighted by Crippen LogP contribution is 2.30. The van der Waals surface area contributed by atoms with Crippen molar-refractivity contribution in [1.29, 1.82) is 0 Å². The van der Waals surface area contributed by atoms with Gasteiger partial charge in [-0.2, -0.15) is 11.8 Å². The van der Waals surface area contributed by atoms with Crippen LogP contribution in [0.2, 0.25) is 0 Å². The molecule has 0 bridgehead atoms. The van der Waals surface area contributed by atoms with Gasteiger partial charge in [0.25, 0.3) is 0 Å². The van der Waals surface area contributed by atoms with Gasteiger partial charge >= 0.3 is 12.0 Å². The number of aromatic carboxylic acids is 1. The first-order valence-electron chi connectivity index (χ1n) is 6.86. The Hall–Kier alpha value is -1.63. The molecule has 0 atom stereocenters. The summed E-state index contributed by atoms with van der Waals surface area (Å²) >= 11 is 1.88. The van der Waals surface area contributed by atoms with Gasteiger partial charge < -0.3 is 19.7 Å². The largest absolute Gasteiger partial charge is 0.475 e. The van der Waals surface area contributed by atoms with E-state index in [-0.39, 0.29) is 23.1 Å². The summed E-state index contributed by atoms with van der Waals surface area (Å²) in [7, 11) is 0. The zero-order valence-corrected chi connectivity index (χ0v) is 13.0. The smallest absolute Gasteiger partial charge is 0.371 e. The fraction of sp³-hybridized carbons (Fsp3) is 0.571. The molecule has 1 saturated heterocycles. The van der Waals surface area contributed by atoms with Crippen LogP contribution in [0.4, 0.5) is 4.79 Å². The zero-order valence-electron chi connectivity index (χ0n) is 12.2. The van der Waals surface area contributed by atoms with E-state index in [9.17, 15) is 9.59 Å². The summed E-state index contributed by atoms with van der Waals surface area (Å²) in [5, 5.41) is 11.5. The van der Waals surface area contributed by atoms with Crippen LogP contribution in [-0.4, -0.2) is 45.6 Å². The maximum atomic E-state index is 12.1. The minimum atomic E-state index is -1.11. The van der Waals surface area contributed by atoms with E-state index in [1.807, 2.05) is 11.8 Å². The highest BCUT2D eigenvalue weighted by molar-refractivity contribution is 8.00. The minimum absolute atomic E-state index is 0.118. The van der Waals surface area contributed by atoms with Crippen molar-refractivity contribution in [3.63, 3.8) is 0 Å². The lowest BCUT2D eigenvalue weighted by Crippen LogP contribution is -2.41. The van der Waals surface area contributed by atoms with Gasteiger partial charge in [0.2, 0.25) is 5.76 Å². The predicted octanol–water partition coefficient (Wildman–Crippen LogP) is 2.40. The fourth-order valence-electron chi connectivity index (χ4n) is 2.09. The SMILES string of the molecule is CC1(C)CCN(C(=O)NCc2ccc(C(=O)O)o2)CCS1. The number of furan rings is 1. The zero-order chi connectivity index (χ0) is 15.5. The summed E-state index contributed by atoms with van der Waals surface area (Å²) in [4.78, 5) is 24.6. The van der Waals surface area contributed by atoms with Gasteiger partial charge in [0.15, 0.2) is 0 Å². The molecule has 0 aromatic carbocycles. The summed E-state index contributed by atoms with van der Waals surface area (Å²) in [5.74, 6) is 0.126. The Kier molecular flexibility index (Phi) is 4.82. The van der Waals surface area contributed by atoms with Crippen LogP contribution in [0, 0.1) is 0 Å². The average Bonchev–Trinajstić information content (AvgIpc) is 2.81. The second-order valence-corrected chi connectivity index (χ2v) is 7.38. The van der Waals surface area contributed by atoms with Gasteiger partial charge in [-0.3, -0.25) is 0 Å². The van der Waals surface area contributed by atoms with Crippen molar-refractivity contribution in [3.05, 3.63) is 23.7 Å². The standard InChI is InChI=1S/C14H20N2O4S/c1-14(2)5-6-16(7-8-21-14)13(19)15-9-10-3-4-11(20-10)12(17)18/h3-4H,5-9H2,1-2H3,(H,15,19)(H,17,18). The molecule has 0 spiro atoms. The van der Waals surface area contributed by atoms with E-state index < -0.39 is 5.97 Å². The lowest BCUT2D eigenvalue weighted by molar-refractivity contribution is 0.0660. The number of carboxylic acids is 1. The number of hydrogen-bond acceptors (Lipinski definition) is 4. The highest BCUT2D eigenvalue weighted by Gasteiger charge is 2.25. The van der Waals surface area contributed by atoms with Gasteiger partial charge in [0.1, 0.15) is 5.76 Å². The van der Waals surface area contributed by atoms with Gasteiger partial charge in [-0.05, 0) is 18.6 Å². The lowest BCUT2D eigenvalue weighted by Gasteiger charge is -2.22. The Balaban J connectivity index is 1.85. The first-order valence-corrected chi connectivity index (χ1v) is 7.85. The van der Waals surface area contributed by atoms with Crippen molar-refractivity contribution >= 4 is 23.8 Å². The van der Waals surface area contributed by atoms with E-state index in [4.69, 9.17) is 9.52 Å². The van der Waals surface area contributed by atoms with Crippen LogP contribution in [0.15, 0.2) is 16.5 Å². The van der Waals surface area contributed by atoms with E-state index in [0.29, 0.717) is 5.76 Å². The number of nitrogens with one attached hydrogen (secondary N) is 1. The molecule has 2 amide bonds. The number of nitrogens with zero attached hydrogens (tertiary/aromatic N) is 1. The molecule has 1 fully saturated rings.